The van der Waals surface area contributed by atoms with Crippen molar-refractivity contribution in [2.45, 2.75) is 99.4 Å². The summed E-state index contributed by atoms with van der Waals surface area (Å²) in [5.41, 5.74) is 25.6. The fraction of sp³-hybridized carbons (Fsp3) is 0.500. The van der Waals surface area contributed by atoms with Gasteiger partial charge in [0.15, 0.2) is 45.9 Å². The molecular weight excluding hydrogens is 1200 g/mol. The number of phosphoric acid groups is 4. The number of fused-ring (bicyclic) bond motifs is 8. The molecule has 12 N–H and O–H groups in total. The number of nitrogens with zero attached hydrogens (tertiary/aromatic N) is 16. The third-order valence-corrected chi connectivity index (χ3v) is 18.2. The zero-order valence-electron chi connectivity index (χ0n) is 42.8. The first kappa shape index (κ1) is 56.8. The van der Waals surface area contributed by atoms with E-state index in [2.05, 4.69) is 59.8 Å². The predicted octanol–water partition coefficient (Wildman–Crippen LogP) is 0.847. The van der Waals surface area contributed by atoms with Crippen molar-refractivity contribution in [3.05, 3.63) is 50.6 Å². The molecule has 0 amide bonds. The van der Waals surface area contributed by atoms with Crippen LogP contribution in [-0.2, 0) is 73.4 Å². The molecule has 5 fully saturated rings. The highest BCUT2D eigenvalue weighted by atomic mass is 31.2. The molecule has 0 aliphatic carbocycles. The Hall–Kier alpha value is -6.32. The number of hydrogen-bond acceptors (Lipinski definition) is 32. The first-order valence-corrected chi connectivity index (χ1v) is 31.1. The predicted molar refractivity (Wildman–Crippen MR) is 276 cm³/mol. The molecule has 0 bridgehead atoms. The standard InChI is InChI=1S/C40H48N20O20P4/c41-33-29-37(49-9-45-33)57(13-53-29)25-1-17-21(73-25)5-69-82(63,64)78-19-3-27(59-15-55-31-35(43)47-11-51-39(31)59)75-23(19)7-71-84(67,68)80-20-4-28(60-16-56-32-36(44)48-12-52-40(32)60)76-24(20)8-72-83(65,66)79-18-2-26(74-22(18)6-70-81(61,62)77-17)58-14-54-30-34(42)46-10-50-38(30)58/h9-28H,1-8H2,(H,61,62)(H,63,64)(H,65,66)(H,67,68)(H2,41,45,49)(H2,42,46,50)(H2,43,47,51)(H2,44,48,52)/t17-,18-,19-,20-,21+,22+,23+,24+,25+,26+,27+,28+/m0/s1. The van der Waals surface area contributed by atoms with Crippen LogP contribution < -0.4 is 22.9 Å². The number of hydrogen-bond donors (Lipinski definition) is 8. The molecule has 5 aliphatic heterocycles. The molecule has 40 nitrogen and oxygen atoms in total. The van der Waals surface area contributed by atoms with Gasteiger partial charge in [-0.15, -0.1) is 0 Å². The van der Waals surface area contributed by atoms with E-state index in [1.165, 1.54) is 68.9 Å². The van der Waals surface area contributed by atoms with Gasteiger partial charge in [-0.05, 0) is 0 Å². The van der Waals surface area contributed by atoms with Crippen LogP contribution in [0.25, 0.3) is 44.7 Å². The molecule has 0 spiro atoms. The van der Waals surface area contributed by atoms with Crippen LogP contribution in [0.5, 0.6) is 0 Å². The lowest BCUT2D eigenvalue weighted by atomic mass is 10.2. The summed E-state index contributed by atoms with van der Waals surface area (Å²) in [6.45, 7) is -3.49. The monoisotopic (exact) mass is 1250 g/mol. The van der Waals surface area contributed by atoms with E-state index in [1.54, 1.807) is 0 Å². The molecule has 13 heterocycles. The second-order valence-corrected chi connectivity index (χ2v) is 25.0. The molecule has 13 rings (SSSR count). The molecule has 0 saturated carbocycles. The molecule has 4 unspecified atom stereocenters. The Balaban J connectivity index is 0.823. The van der Waals surface area contributed by atoms with E-state index in [0.29, 0.717) is 0 Å². The lowest BCUT2D eigenvalue weighted by Crippen LogP contribution is -2.32. The third-order valence-electron chi connectivity index (χ3n) is 14.2. The van der Waals surface area contributed by atoms with E-state index in [4.69, 9.17) is 78.1 Å². The van der Waals surface area contributed by atoms with Crippen molar-refractivity contribution in [2.75, 3.05) is 49.4 Å². The van der Waals surface area contributed by atoms with Crippen LogP contribution in [0.2, 0.25) is 0 Å². The number of anilines is 4. The Morgan fingerprint density at radius 1 is 0.345 bits per heavy atom. The van der Waals surface area contributed by atoms with Crippen molar-refractivity contribution in [3.8, 4) is 0 Å². The summed E-state index contributed by atoms with van der Waals surface area (Å²) < 4.78 is 132. The third kappa shape index (κ3) is 11.3. The topological polar surface area (TPSA) is 538 Å². The summed E-state index contributed by atoms with van der Waals surface area (Å²) in [7, 11) is -21.2. The van der Waals surface area contributed by atoms with Crippen LogP contribution in [0.15, 0.2) is 50.6 Å². The number of ether oxygens (including phenoxy) is 4. The van der Waals surface area contributed by atoms with Gasteiger partial charge in [-0.3, -0.25) is 54.5 Å². The van der Waals surface area contributed by atoms with Crippen LogP contribution in [0, 0.1) is 0 Å². The van der Waals surface area contributed by atoms with Crippen molar-refractivity contribution < 1.29 is 93.0 Å². The van der Waals surface area contributed by atoms with E-state index in [1.807, 2.05) is 0 Å². The first-order valence-electron chi connectivity index (χ1n) is 25.1. The molecule has 0 radical (unpaired) electrons. The molecule has 0 aromatic carbocycles. The average molecular weight is 1250 g/mol. The number of phosphoric ester groups is 4. The second-order valence-electron chi connectivity index (χ2n) is 19.4. The maximum atomic E-state index is 14.2. The van der Waals surface area contributed by atoms with Gasteiger partial charge >= 0.3 is 31.3 Å². The van der Waals surface area contributed by atoms with Gasteiger partial charge in [0.2, 0.25) is 0 Å². The Morgan fingerprint density at radius 2 is 0.560 bits per heavy atom. The van der Waals surface area contributed by atoms with Crippen LogP contribution in [0.3, 0.4) is 0 Å². The number of rotatable bonds is 4. The van der Waals surface area contributed by atoms with Gasteiger partial charge in [0.1, 0.15) is 121 Å². The molecule has 44 heteroatoms. The summed E-state index contributed by atoms with van der Waals surface area (Å²) in [6, 6.07) is 0. The summed E-state index contributed by atoms with van der Waals surface area (Å²) in [4.78, 5) is 95.7. The van der Waals surface area contributed by atoms with Crippen molar-refractivity contribution in [2.24, 2.45) is 0 Å². The smallest absolute Gasteiger partial charge is 0.382 e. The Labute approximate surface area is 468 Å². The van der Waals surface area contributed by atoms with E-state index in [-0.39, 0.29) is 93.6 Å². The molecule has 16 atom stereocenters. The van der Waals surface area contributed by atoms with Gasteiger partial charge < -0.3 is 61.5 Å². The van der Waals surface area contributed by atoms with Crippen molar-refractivity contribution in [1.82, 2.24) is 78.1 Å². The molecule has 448 valence electrons. The van der Waals surface area contributed by atoms with Gasteiger partial charge in [0, 0.05) is 25.7 Å². The average Bonchev–Trinajstić information content (AvgIpc) is 3.46. The maximum absolute atomic E-state index is 14.2. The van der Waals surface area contributed by atoms with Crippen molar-refractivity contribution >= 4 is 99.2 Å². The van der Waals surface area contributed by atoms with Gasteiger partial charge in [-0.1, -0.05) is 0 Å². The highest BCUT2D eigenvalue weighted by Gasteiger charge is 2.50. The van der Waals surface area contributed by atoms with Crippen LogP contribution >= 0.6 is 31.3 Å². The highest BCUT2D eigenvalue weighted by Crippen LogP contribution is 2.56. The van der Waals surface area contributed by atoms with E-state index in [9.17, 15) is 37.8 Å². The SMILES string of the molecule is Nc1ncnc2c1ncn2[C@H]1C[C@@H]2OP(=O)(O)OC[C@H]3O[C@@H](n4cnc5c(N)ncnc54)C[C@@H]3OP(=O)(O)OC[C@H]3O[C@@H](n4cnc5c(N)ncnc54)C[C@@H]3OP(=O)(O)OC[C@H]3O[C@@H](n4cnc5c(N)ncnc54)C[C@@H]3OP(=O)(O)OC[C@H]2O1. The minimum absolute atomic E-state index is 0.0213. The summed E-state index contributed by atoms with van der Waals surface area (Å²) in [5, 5.41) is 0. The van der Waals surface area contributed by atoms with Crippen molar-refractivity contribution in [1.29, 1.82) is 0 Å². The number of imidazole rings is 4. The first-order chi connectivity index (χ1) is 40.1. The van der Waals surface area contributed by atoms with E-state index >= 15 is 0 Å². The Morgan fingerprint density at radius 3 is 0.774 bits per heavy atom. The lowest BCUT2D eigenvalue weighted by Gasteiger charge is -2.26. The largest absolute Gasteiger partial charge is 0.472 e. The van der Waals surface area contributed by atoms with Gasteiger partial charge in [0.25, 0.3) is 0 Å². The quantitative estimate of drug-likeness (QED) is 0.113. The van der Waals surface area contributed by atoms with E-state index < -0.39 is 131 Å². The maximum Gasteiger partial charge on any atom is 0.472 e. The van der Waals surface area contributed by atoms with Crippen LogP contribution in [-0.4, -0.2) is 173 Å². The molecule has 5 aliphatic rings. The summed E-state index contributed by atoms with van der Waals surface area (Å²) in [6.07, 6.45) is -7.67. The Kier molecular flexibility index (Phi) is 14.8. The van der Waals surface area contributed by atoms with Gasteiger partial charge in [-0.2, -0.15) is 0 Å². The molecule has 8 aromatic heterocycles. The number of aromatic nitrogens is 16. The van der Waals surface area contributed by atoms with Crippen LogP contribution in [0.1, 0.15) is 50.6 Å². The lowest BCUT2D eigenvalue weighted by molar-refractivity contribution is -0.0659. The fourth-order valence-corrected chi connectivity index (χ4v) is 14.2. The highest BCUT2D eigenvalue weighted by molar-refractivity contribution is 7.48. The molecule has 84 heavy (non-hydrogen) atoms. The minimum Gasteiger partial charge on any atom is -0.382 e. The Bertz CT molecular complexity index is 3510. The summed E-state index contributed by atoms with van der Waals surface area (Å²) >= 11 is 0. The molecule has 5 saturated heterocycles. The zero-order chi connectivity index (χ0) is 58.5. The molecular formula is C40H48N20O20P4. The number of nitrogens with two attached hydrogens (primary N) is 4. The summed E-state index contributed by atoms with van der Waals surface area (Å²) in [5.74, 6) is 0.0853. The van der Waals surface area contributed by atoms with Crippen LogP contribution in [0.4, 0.5) is 23.3 Å². The normalized spacial score (nSPS) is 36.0. The van der Waals surface area contributed by atoms with Gasteiger partial charge in [0.05, 0.1) is 51.7 Å². The van der Waals surface area contributed by atoms with Gasteiger partial charge in [-0.25, -0.2) is 78.1 Å². The fourth-order valence-electron chi connectivity index (χ4n) is 10.3. The minimum atomic E-state index is -5.31. The zero-order valence-corrected chi connectivity index (χ0v) is 46.4. The van der Waals surface area contributed by atoms with Crippen molar-refractivity contribution in [3.63, 3.8) is 0 Å². The second kappa shape index (κ2) is 21.9. The van der Waals surface area contributed by atoms with E-state index in [0.717, 1.165) is 0 Å². The number of nitrogen functional groups attached to an aromatic ring is 4. The molecule has 8 aromatic rings.